The number of rotatable bonds is 7. The van der Waals surface area contributed by atoms with E-state index in [9.17, 15) is 13.9 Å². The van der Waals surface area contributed by atoms with Crippen molar-refractivity contribution in [1.82, 2.24) is 10.6 Å². The van der Waals surface area contributed by atoms with Crippen molar-refractivity contribution in [2.45, 2.75) is 25.9 Å². The molecule has 0 amide bonds. The molecule has 0 aliphatic heterocycles. The molecule has 1 atom stereocenters. The highest BCUT2D eigenvalue weighted by molar-refractivity contribution is 14.0. The Bertz CT molecular complexity index is 739. The van der Waals surface area contributed by atoms with Gasteiger partial charge in [0.05, 0.1) is 6.54 Å². The van der Waals surface area contributed by atoms with Gasteiger partial charge < -0.3 is 15.7 Å². The number of hydrogen-bond acceptors (Lipinski definition) is 2. The Balaban J connectivity index is 0.00000364. The van der Waals surface area contributed by atoms with Gasteiger partial charge in [-0.3, -0.25) is 0 Å². The van der Waals surface area contributed by atoms with Crippen LogP contribution in [0.2, 0.25) is 0 Å². The van der Waals surface area contributed by atoms with Gasteiger partial charge in [0, 0.05) is 13.1 Å². The number of aliphatic hydroxyl groups is 1. The predicted octanol–water partition coefficient (Wildman–Crippen LogP) is 3.59. The molecule has 0 aromatic heterocycles. The Morgan fingerprint density at radius 1 is 1.11 bits per heavy atom. The minimum absolute atomic E-state index is 0. The zero-order chi connectivity index (χ0) is 19.0. The van der Waals surface area contributed by atoms with Crippen molar-refractivity contribution in [3.05, 3.63) is 71.3 Å². The van der Waals surface area contributed by atoms with Gasteiger partial charge in [-0.25, -0.2) is 13.8 Å². The molecule has 27 heavy (non-hydrogen) atoms. The molecule has 4 nitrogen and oxygen atoms in total. The van der Waals surface area contributed by atoms with E-state index in [0.29, 0.717) is 31.0 Å². The van der Waals surface area contributed by atoms with Gasteiger partial charge in [0.1, 0.15) is 17.2 Å². The van der Waals surface area contributed by atoms with Crippen LogP contribution >= 0.6 is 24.0 Å². The summed E-state index contributed by atoms with van der Waals surface area (Å²) in [4.78, 5) is 4.41. The van der Waals surface area contributed by atoms with Crippen LogP contribution < -0.4 is 10.6 Å². The van der Waals surface area contributed by atoms with Crippen molar-refractivity contribution in [2.24, 2.45) is 4.99 Å². The van der Waals surface area contributed by atoms with Crippen LogP contribution in [0.4, 0.5) is 8.78 Å². The fourth-order valence-corrected chi connectivity index (χ4v) is 2.51. The third-order valence-electron chi connectivity index (χ3n) is 3.98. The number of hydrogen-bond donors (Lipinski definition) is 3. The van der Waals surface area contributed by atoms with Crippen LogP contribution in [0.1, 0.15) is 25.0 Å². The number of nitrogens with zero attached hydrogens (tertiary/aromatic N) is 1. The Hall–Kier alpha value is -1.74. The van der Waals surface area contributed by atoms with Crippen LogP contribution in [0.3, 0.4) is 0 Å². The van der Waals surface area contributed by atoms with Gasteiger partial charge in [-0.2, -0.15) is 0 Å². The summed E-state index contributed by atoms with van der Waals surface area (Å²) in [6.07, 6.45) is 0.323. The van der Waals surface area contributed by atoms with E-state index in [1.807, 2.05) is 37.3 Å². The summed E-state index contributed by atoms with van der Waals surface area (Å²) in [5.74, 6) is -0.372. The molecule has 0 spiro atoms. The first-order valence-electron chi connectivity index (χ1n) is 8.66. The highest BCUT2D eigenvalue weighted by Gasteiger charge is 2.22. The highest BCUT2D eigenvalue weighted by atomic mass is 127. The minimum atomic E-state index is -1.10. The van der Waals surface area contributed by atoms with Crippen molar-refractivity contribution in [3.8, 4) is 0 Å². The number of aliphatic imine (C=N–C) groups is 1. The number of halogens is 3. The molecule has 0 saturated carbocycles. The van der Waals surface area contributed by atoms with Gasteiger partial charge in [-0.15, -0.1) is 24.0 Å². The van der Waals surface area contributed by atoms with Crippen LogP contribution in [0.15, 0.2) is 53.5 Å². The van der Waals surface area contributed by atoms with E-state index < -0.39 is 17.2 Å². The van der Waals surface area contributed by atoms with Crippen LogP contribution in [0, 0.1) is 11.6 Å². The second-order valence-electron chi connectivity index (χ2n) is 6.25. The Kier molecular flexibility index (Phi) is 9.65. The smallest absolute Gasteiger partial charge is 0.191 e. The molecule has 0 fully saturated rings. The van der Waals surface area contributed by atoms with Gasteiger partial charge in [-0.05, 0) is 49.6 Å². The first-order valence-corrected chi connectivity index (χ1v) is 8.66. The molecule has 7 heteroatoms. The lowest BCUT2D eigenvalue weighted by Gasteiger charge is -2.22. The number of benzene rings is 2. The third-order valence-corrected chi connectivity index (χ3v) is 3.98. The molecule has 0 radical (unpaired) electrons. The third kappa shape index (κ3) is 7.42. The summed E-state index contributed by atoms with van der Waals surface area (Å²) < 4.78 is 26.9. The quantitative estimate of drug-likeness (QED) is 0.317. The molecular formula is C20H26F2IN3O. The number of guanidine groups is 1. The Morgan fingerprint density at radius 2 is 1.81 bits per heavy atom. The predicted molar refractivity (Wildman–Crippen MR) is 115 cm³/mol. The molecule has 2 aromatic carbocycles. The van der Waals surface area contributed by atoms with Crippen LogP contribution in [0.25, 0.3) is 0 Å². The molecule has 0 aliphatic rings. The van der Waals surface area contributed by atoms with Gasteiger partial charge in [0.25, 0.3) is 0 Å². The average molecular weight is 489 g/mol. The molecule has 0 bridgehead atoms. The standard InChI is InChI=1S/C20H25F2N3O.HI/c1-3-23-19(24-12-11-15-13-17(21)9-10-18(15)22)25-14-20(2,26)16-7-5-4-6-8-16;/h4-10,13,26H,3,11-12,14H2,1-2H3,(H2,23,24,25);1H. The van der Waals surface area contributed by atoms with Crippen LogP contribution in [-0.2, 0) is 12.0 Å². The van der Waals surface area contributed by atoms with Crippen molar-refractivity contribution >= 4 is 29.9 Å². The molecule has 0 saturated heterocycles. The summed E-state index contributed by atoms with van der Waals surface area (Å²) >= 11 is 0. The van der Waals surface area contributed by atoms with Crippen molar-refractivity contribution in [2.75, 3.05) is 19.6 Å². The van der Waals surface area contributed by atoms with Crippen molar-refractivity contribution in [1.29, 1.82) is 0 Å². The molecule has 148 valence electrons. The van der Waals surface area contributed by atoms with E-state index in [-0.39, 0.29) is 30.5 Å². The van der Waals surface area contributed by atoms with E-state index in [1.54, 1.807) is 6.92 Å². The average Bonchev–Trinajstić information content (AvgIpc) is 2.63. The largest absolute Gasteiger partial charge is 0.384 e. The molecule has 0 heterocycles. The van der Waals surface area contributed by atoms with E-state index in [0.717, 1.165) is 17.7 Å². The summed E-state index contributed by atoms with van der Waals surface area (Å²) in [6.45, 7) is 4.84. The summed E-state index contributed by atoms with van der Waals surface area (Å²) in [6, 6.07) is 12.7. The lowest BCUT2D eigenvalue weighted by Crippen LogP contribution is -2.39. The fraction of sp³-hybridized carbons (Fsp3) is 0.350. The van der Waals surface area contributed by atoms with Crippen molar-refractivity contribution < 1.29 is 13.9 Å². The lowest BCUT2D eigenvalue weighted by molar-refractivity contribution is 0.0672. The molecular weight excluding hydrogens is 463 g/mol. The van der Waals surface area contributed by atoms with Crippen LogP contribution in [0.5, 0.6) is 0 Å². The normalized spacial score (nSPS) is 13.4. The molecule has 2 rings (SSSR count). The van der Waals surface area contributed by atoms with Gasteiger partial charge in [0.2, 0.25) is 0 Å². The zero-order valence-electron chi connectivity index (χ0n) is 15.5. The van der Waals surface area contributed by atoms with E-state index >= 15 is 0 Å². The van der Waals surface area contributed by atoms with Gasteiger partial charge in [-0.1, -0.05) is 30.3 Å². The SMILES string of the molecule is CCNC(=NCC(C)(O)c1ccccc1)NCCc1cc(F)ccc1F.I. The maximum atomic E-state index is 13.7. The minimum Gasteiger partial charge on any atom is -0.384 e. The molecule has 0 aliphatic carbocycles. The maximum absolute atomic E-state index is 13.7. The first kappa shape index (κ1) is 23.3. The topological polar surface area (TPSA) is 56.7 Å². The van der Waals surface area contributed by atoms with E-state index in [2.05, 4.69) is 15.6 Å². The Labute approximate surface area is 176 Å². The first-order chi connectivity index (χ1) is 12.4. The highest BCUT2D eigenvalue weighted by Crippen LogP contribution is 2.20. The molecule has 2 aromatic rings. The lowest BCUT2D eigenvalue weighted by atomic mass is 9.96. The number of nitrogens with one attached hydrogen (secondary N) is 2. The Morgan fingerprint density at radius 3 is 2.48 bits per heavy atom. The summed E-state index contributed by atoms with van der Waals surface area (Å²) in [7, 11) is 0. The van der Waals surface area contributed by atoms with E-state index in [4.69, 9.17) is 0 Å². The monoisotopic (exact) mass is 489 g/mol. The fourth-order valence-electron chi connectivity index (χ4n) is 2.51. The van der Waals surface area contributed by atoms with Gasteiger partial charge >= 0.3 is 0 Å². The zero-order valence-corrected chi connectivity index (χ0v) is 17.8. The molecule has 3 N–H and O–H groups in total. The van der Waals surface area contributed by atoms with Crippen LogP contribution in [-0.4, -0.2) is 30.7 Å². The maximum Gasteiger partial charge on any atom is 0.191 e. The second kappa shape index (κ2) is 11.2. The van der Waals surface area contributed by atoms with E-state index in [1.165, 1.54) is 6.07 Å². The summed E-state index contributed by atoms with van der Waals surface area (Å²) in [5, 5.41) is 16.8. The molecule has 1 unspecified atom stereocenters. The summed E-state index contributed by atoms with van der Waals surface area (Å²) in [5.41, 5.74) is -0.00999. The second-order valence-corrected chi connectivity index (χ2v) is 6.25. The van der Waals surface area contributed by atoms with Gasteiger partial charge in [0.15, 0.2) is 5.96 Å². The van der Waals surface area contributed by atoms with Crippen molar-refractivity contribution in [3.63, 3.8) is 0 Å².